The van der Waals surface area contributed by atoms with Crippen molar-refractivity contribution in [3.05, 3.63) is 29.3 Å². The second-order valence-corrected chi connectivity index (χ2v) is 17.3. The second kappa shape index (κ2) is 15.6. The maximum absolute atomic E-state index is 12.7. The van der Waals surface area contributed by atoms with Crippen molar-refractivity contribution in [1.82, 2.24) is 5.32 Å². The fourth-order valence-corrected chi connectivity index (χ4v) is 9.46. The van der Waals surface area contributed by atoms with Crippen molar-refractivity contribution in [3.8, 4) is 5.75 Å². The average molecular weight is 688 g/mol. The molecule has 5 rings (SSSR count). The molecule has 0 amide bonds. The Hall–Kier alpha value is -1.52. The first-order valence-corrected chi connectivity index (χ1v) is 18.7. The highest BCUT2D eigenvalue weighted by molar-refractivity contribution is 8.00. The highest BCUT2D eigenvalue weighted by Gasteiger charge is 2.54. The molecule has 5 unspecified atom stereocenters. The predicted molar refractivity (Wildman–Crippen MR) is 181 cm³/mol. The molecule has 0 spiro atoms. The molecular formula is C37H57F4NO4S. The van der Waals surface area contributed by atoms with E-state index in [9.17, 15) is 27.5 Å². The van der Waals surface area contributed by atoms with Gasteiger partial charge >= 0.3 is 18.5 Å². The number of hydrogen-bond acceptors (Lipinski definition) is 6. The number of piperidine rings is 1. The van der Waals surface area contributed by atoms with Crippen LogP contribution in [0.25, 0.3) is 0 Å². The number of nitrogens with one attached hydrogen (secondary N) is 1. The number of benzene rings is 1. The van der Waals surface area contributed by atoms with Crippen molar-refractivity contribution in [3.63, 3.8) is 0 Å². The number of rotatable bonds is 10. The van der Waals surface area contributed by atoms with Gasteiger partial charge in [-0.25, -0.2) is 22.4 Å². The van der Waals surface area contributed by atoms with E-state index in [0.717, 1.165) is 64.5 Å². The van der Waals surface area contributed by atoms with E-state index in [2.05, 4.69) is 52.9 Å². The van der Waals surface area contributed by atoms with Crippen LogP contribution >= 0.6 is 11.8 Å². The lowest BCUT2D eigenvalue weighted by Crippen LogP contribution is -2.43. The van der Waals surface area contributed by atoms with E-state index in [1.165, 1.54) is 17.5 Å². The van der Waals surface area contributed by atoms with E-state index in [1.54, 1.807) is 11.8 Å². The molecule has 4 aliphatic rings. The van der Waals surface area contributed by atoms with Gasteiger partial charge < -0.3 is 19.9 Å². The molecule has 0 bridgehead atoms. The number of fused-ring (bicyclic) bond motifs is 5. The van der Waals surface area contributed by atoms with Gasteiger partial charge in [0.05, 0.1) is 6.10 Å². The van der Waals surface area contributed by atoms with Crippen molar-refractivity contribution in [1.29, 1.82) is 0 Å². The van der Waals surface area contributed by atoms with Crippen LogP contribution in [0.4, 0.5) is 22.4 Å². The monoisotopic (exact) mass is 687 g/mol. The molecule has 5 nitrogen and oxygen atoms in total. The fourth-order valence-electron chi connectivity index (χ4n) is 8.13. The van der Waals surface area contributed by atoms with Crippen LogP contribution < -0.4 is 10.1 Å². The van der Waals surface area contributed by atoms with Crippen LogP contribution in [-0.2, 0) is 11.2 Å². The molecule has 268 valence electrons. The van der Waals surface area contributed by atoms with Crippen LogP contribution in [0.15, 0.2) is 18.2 Å². The van der Waals surface area contributed by atoms with Crippen LogP contribution in [0.1, 0.15) is 123 Å². The molecule has 0 radical (unpaired) electrons. The Morgan fingerprint density at radius 1 is 1.09 bits per heavy atom. The number of thioether (sulfide) groups is 1. The lowest BCUT2D eigenvalue weighted by Gasteiger charge is -2.50. The normalized spacial score (nSPS) is 28.1. The lowest BCUT2D eigenvalue weighted by molar-refractivity contribution is -0.132. The zero-order chi connectivity index (χ0) is 34.6. The summed E-state index contributed by atoms with van der Waals surface area (Å²) in [5.41, 5.74) is 2.95. The number of aliphatic hydroxyl groups excluding tert-OH is 1. The van der Waals surface area contributed by atoms with Crippen molar-refractivity contribution in [2.45, 2.75) is 147 Å². The summed E-state index contributed by atoms with van der Waals surface area (Å²) in [6, 6.07) is 6.15. The van der Waals surface area contributed by atoms with E-state index in [1.807, 2.05) is 12.1 Å². The van der Waals surface area contributed by atoms with E-state index >= 15 is 0 Å². The minimum absolute atomic E-state index is 0.0413. The molecular weight excluding hydrogens is 630 g/mol. The summed E-state index contributed by atoms with van der Waals surface area (Å²) < 4.78 is 60.3. The predicted octanol–water partition coefficient (Wildman–Crippen LogP) is 9.79. The van der Waals surface area contributed by atoms with Gasteiger partial charge in [-0.3, -0.25) is 0 Å². The van der Waals surface area contributed by atoms with Gasteiger partial charge in [-0.05, 0) is 135 Å². The molecule has 2 N–H and O–H groups in total. The Balaban J connectivity index is 0.000000242. The van der Waals surface area contributed by atoms with Crippen LogP contribution in [0, 0.1) is 22.7 Å². The molecule has 3 aliphatic carbocycles. The van der Waals surface area contributed by atoms with Crippen LogP contribution in [0.2, 0.25) is 0 Å². The molecule has 1 saturated heterocycles. The maximum Gasteiger partial charge on any atom is 0.514 e. The summed E-state index contributed by atoms with van der Waals surface area (Å²) in [6.07, 6.45) is 4.34. The summed E-state index contributed by atoms with van der Waals surface area (Å²) >= 11 is 1.58. The first-order valence-electron chi connectivity index (χ1n) is 17.7. The quantitative estimate of drug-likeness (QED) is 0.111. The summed E-state index contributed by atoms with van der Waals surface area (Å²) in [5.74, 6) is -0.866. The van der Waals surface area contributed by atoms with Gasteiger partial charge in [0.15, 0.2) is 0 Å². The first-order chi connectivity index (χ1) is 22.0. The fraction of sp³-hybridized carbons (Fsp3) is 0.811. The molecule has 5 atom stereocenters. The van der Waals surface area contributed by atoms with Crippen molar-refractivity contribution < 1.29 is 36.9 Å². The third-order valence-electron chi connectivity index (χ3n) is 12.3. The molecule has 10 heteroatoms. The zero-order valence-corrected chi connectivity index (χ0v) is 30.0. The van der Waals surface area contributed by atoms with Gasteiger partial charge in [-0.2, -0.15) is 11.8 Å². The Morgan fingerprint density at radius 2 is 1.79 bits per heavy atom. The number of hydrogen-bond donors (Lipinski definition) is 2. The van der Waals surface area contributed by atoms with Gasteiger partial charge in [0.1, 0.15) is 11.9 Å². The molecule has 1 heterocycles. The van der Waals surface area contributed by atoms with Gasteiger partial charge in [0.2, 0.25) is 0 Å². The number of aliphatic hydroxyl groups is 1. The molecule has 1 aromatic rings. The minimum Gasteiger partial charge on any atom is -0.431 e. The van der Waals surface area contributed by atoms with E-state index in [0.29, 0.717) is 29.3 Å². The Kier molecular flexibility index (Phi) is 12.7. The highest BCUT2D eigenvalue weighted by atomic mass is 32.2. The largest absolute Gasteiger partial charge is 0.514 e. The van der Waals surface area contributed by atoms with Crippen LogP contribution in [-0.4, -0.2) is 59.4 Å². The number of ether oxygens (including phenoxy) is 2. The topological polar surface area (TPSA) is 67.8 Å². The third kappa shape index (κ3) is 8.99. The number of halogens is 4. The number of aryl methyl sites for hydroxylation is 1. The van der Waals surface area contributed by atoms with Gasteiger partial charge in [0.25, 0.3) is 0 Å². The van der Waals surface area contributed by atoms with E-state index in [-0.39, 0.29) is 34.2 Å². The van der Waals surface area contributed by atoms with Crippen molar-refractivity contribution in [2.75, 3.05) is 18.8 Å². The zero-order valence-electron chi connectivity index (χ0n) is 29.2. The Bertz CT molecular complexity index is 1190. The SMILES string of the molecule is CC12CCC3c4ccc(OC(=O)OC5CCNCC5)cc4CCC3C1CCC2O.CCC(C)(C)C(C)(C)SCCCC(F)(F)C(F)F. The van der Waals surface area contributed by atoms with E-state index < -0.39 is 24.9 Å². The minimum atomic E-state index is -3.84. The van der Waals surface area contributed by atoms with Crippen molar-refractivity contribution in [2.24, 2.45) is 22.7 Å². The Labute approximate surface area is 283 Å². The first kappa shape index (κ1) is 38.3. The number of carbonyl (C=O) groups excluding carboxylic acids is 1. The van der Waals surface area contributed by atoms with Gasteiger partial charge in [-0.15, -0.1) is 0 Å². The third-order valence-corrected chi connectivity index (χ3v) is 14.1. The lowest BCUT2D eigenvalue weighted by atomic mass is 9.55. The number of alkyl halides is 4. The second-order valence-electron chi connectivity index (χ2n) is 15.6. The molecule has 1 aromatic carbocycles. The maximum atomic E-state index is 12.7. The Morgan fingerprint density at radius 3 is 2.45 bits per heavy atom. The van der Waals surface area contributed by atoms with Crippen LogP contribution in [0.3, 0.4) is 0 Å². The van der Waals surface area contributed by atoms with Crippen molar-refractivity contribution >= 4 is 17.9 Å². The smallest absolute Gasteiger partial charge is 0.431 e. The number of carbonyl (C=O) groups is 1. The summed E-state index contributed by atoms with van der Waals surface area (Å²) in [7, 11) is 0. The van der Waals surface area contributed by atoms with Gasteiger partial charge in [-0.1, -0.05) is 47.6 Å². The molecule has 0 aromatic heterocycles. The average Bonchev–Trinajstić information content (AvgIpc) is 3.33. The van der Waals surface area contributed by atoms with Gasteiger partial charge in [0, 0.05) is 11.2 Å². The summed E-state index contributed by atoms with van der Waals surface area (Å²) in [6.45, 7) is 14.6. The molecule has 3 fully saturated rings. The van der Waals surface area contributed by atoms with Crippen LogP contribution in [0.5, 0.6) is 5.75 Å². The molecule has 47 heavy (non-hydrogen) atoms. The molecule has 2 saturated carbocycles. The summed E-state index contributed by atoms with van der Waals surface area (Å²) in [5, 5.41) is 13.8. The highest BCUT2D eigenvalue weighted by Crippen LogP contribution is 2.61. The standard InChI is InChI=1S/C24H33NO4.C13H24F4S/c1-24-11-8-19-18-5-3-17(29-23(27)28-16-9-12-25-13-10-16)14-15(18)2-4-20(19)21(24)6-7-22(24)26;1-6-11(2,3)12(4,5)18-9-7-8-13(16,17)10(14)15/h3,5,14,16,19-22,25-26H,2,4,6-13H2,1H3;10H,6-9H2,1-5H3. The van der Waals surface area contributed by atoms with E-state index in [4.69, 9.17) is 9.47 Å². The summed E-state index contributed by atoms with van der Waals surface area (Å²) in [4.78, 5) is 12.2. The molecule has 1 aliphatic heterocycles.